The van der Waals surface area contributed by atoms with Crippen LogP contribution in [-0.2, 0) is 4.79 Å². The van der Waals surface area contributed by atoms with Crippen LogP contribution in [0.4, 0.5) is 0 Å². The van der Waals surface area contributed by atoms with Crippen molar-refractivity contribution in [2.24, 2.45) is 10.9 Å². The van der Waals surface area contributed by atoms with Crippen molar-refractivity contribution in [2.45, 2.75) is 70.9 Å². The van der Waals surface area contributed by atoms with E-state index in [0.717, 1.165) is 72.3 Å². The van der Waals surface area contributed by atoms with Crippen LogP contribution in [0, 0.1) is 5.92 Å². The third kappa shape index (κ3) is 5.18. The maximum absolute atomic E-state index is 13.4. The highest BCUT2D eigenvalue weighted by Crippen LogP contribution is 2.35. The lowest BCUT2D eigenvalue weighted by Crippen LogP contribution is -2.46. The first-order valence-corrected chi connectivity index (χ1v) is 12.8. The fourth-order valence-electron chi connectivity index (χ4n) is 5.40. The third-order valence-electron chi connectivity index (χ3n) is 7.31. The SMILES string of the molecule is CC1=CN(O)C=C(C)C1=C1C=CC(=NC(=O)[C@@H](NC(=O)c2ccnn2C2CC2)C2CCCCC2)C=C1. The molecule has 0 saturated heterocycles. The van der Waals surface area contributed by atoms with Gasteiger partial charge in [0.05, 0.1) is 11.8 Å². The van der Waals surface area contributed by atoms with Gasteiger partial charge in [0.25, 0.3) is 11.8 Å². The summed E-state index contributed by atoms with van der Waals surface area (Å²) < 4.78 is 1.78. The molecule has 1 aliphatic heterocycles. The maximum Gasteiger partial charge on any atom is 0.270 e. The van der Waals surface area contributed by atoms with E-state index in [1.54, 1.807) is 29.3 Å². The fourth-order valence-corrected chi connectivity index (χ4v) is 5.40. The zero-order valence-electron chi connectivity index (χ0n) is 20.9. The first kappa shape index (κ1) is 24.2. The monoisotopic (exact) mass is 487 g/mol. The van der Waals surface area contributed by atoms with E-state index in [-0.39, 0.29) is 23.8 Å². The Hall–Kier alpha value is -3.52. The van der Waals surface area contributed by atoms with Crippen molar-refractivity contribution in [3.05, 3.63) is 77.0 Å². The van der Waals surface area contributed by atoms with E-state index in [1.807, 2.05) is 38.2 Å². The number of carbonyl (C=O) groups is 2. The Labute approximate surface area is 211 Å². The van der Waals surface area contributed by atoms with Crippen molar-refractivity contribution in [2.75, 3.05) is 0 Å². The average Bonchev–Trinajstić information content (AvgIpc) is 3.59. The number of hydroxylamine groups is 2. The molecule has 36 heavy (non-hydrogen) atoms. The van der Waals surface area contributed by atoms with Gasteiger partial charge in [-0.1, -0.05) is 31.4 Å². The normalized spacial score (nSPS) is 21.3. The van der Waals surface area contributed by atoms with E-state index in [1.165, 1.54) is 0 Å². The highest BCUT2D eigenvalue weighted by atomic mass is 16.5. The number of carbonyl (C=O) groups excluding carboxylic acids is 2. The number of nitrogens with one attached hydrogen (secondary N) is 1. The van der Waals surface area contributed by atoms with Gasteiger partial charge in [-0.05, 0) is 86.0 Å². The lowest BCUT2D eigenvalue weighted by atomic mass is 9.83. The summed E-state index contributed by atoms with van der Waals surface area (Å²) in [6.45, 7) is 3.90. The van der Waals surface area contributed by atoms with Gasteiger partial charge in [-0.3, -0.25) is 19.5 Å². The third-order valence-corrected chi connectivity index (χ3v) is 7.31. The molecule has 0 radical (unpaired) electrons. The van der Waals surface area contributed by atoms with Crippen molar-refractivity contribution < 1.29 is 14.8 Å². The van der Waals surface area contributed by atoms with Crippen LogP contribution in [-0.4, -0.2) is 43.6 Å². The molecule has 1 aromatic heterocycles. The standard InChI is InChI=1S/C28H33N5O3/c1-18-16-32(36)17-19(2)25(18)20-8-10-22(11-9-20)30-28(35)26(21-6-4-3-5-7-21)31-27(34)24-14-15-29-33(24)23-12-13-23/h8-11,14-17,21,23,26,36H,3-7,12-13H2,1-2H3,(H,31,34)/t26-/m0/s1. The summed E-state index contributed by atoms with van der Waals surface area (Å²) in [6.07, 6.45) is 19.6. The topological polar surface area (TPSA) is 99.8 Å². The van der Waals surface area contributed by atoms with Gasteiger partial charge in [0, 0.05) is 18.6 Å². The Balaban J connectivity index is 1.35. The zero-order chi connectivity index (χ0) is 25.2. The quantitative estimate of drug-likeness (QED) is 0.622. The highest BCUT2D eigenvalue weighted by Gasteiger charge is 2.34. The van der Waals surface area contributed by atoms with Crippen LogP contribution in [0.25, 0.3) is 0 Å². The second-order valence-electron chi connectivity index (χ2n) is 10.1. The lowest BCUT2D eigenvalue weighted by Gasteiger charge is -2.29. The lowest BCUT2D eigenvalue weighted by molar-refractivity contribution is -0.121. The molecule has 8 heteroatoms. The molecule has 1 aromatic rings. The Morgan fingerprint density at radius 1 is 1.03 bits per heavy atom. The number of aliphatic imine (C=N–C) groups is 1. The van der Waals surface area contributed by atoms with Gasteiger partial charge >= 0.3 is 0 Å². The van der Waals surface area contributed by atoms with Crippen molar-refractivity contribution in [3.8, 4) is 0 Å². The van der Waals surface area contributed by atoms with Crippen LogP contribution in [0.2, 0.25) is 0 Å². The van der Waals surface area contributed by atoms with Crippen LogP contribution >= 0.6 is 0 Å². The molecular weight excluding hydrogens is 454 g/mol. The minimum Gasteiger partial charge on any atom is -0.339 e. The van der Waals surface area contributed by atoms with Crippen LogP contribution in [0.5, 0.6) is 0 Å². The van der Waals surface area contributed by atoms with Crippen molar-refractivity contribution >= 4 is 17.5 Å². The van der Waals surface area contributed by atoms with Crippen LogP contribution in [0.1, 0.15) is 75.3 Å². The molecule has 0 spiro atoms. The van der Waals surface area contributed by atoms with Gasteiger partial charge in [0.15, 0.2) is 0 Å². The summed E-state index contributed by atoms with van der Waals surface area (Å²) in [7, 11) is 0. The molecule has 5 rings (SSSR count). The maximum atomic E-state index is 13.4. The minimum atomic E-state index is -0.654. The number of hydrogen-bond donors (Lipinski definition) is 2. The molecule has 0 bridgehead atoms. The van der Waals surface area contributed by atoms with E-state index in [0.29, 0.717) is 11.4 Å². The summed E-state index contributed by atoms with van der Waals surface area (Å²) in [5, 5.41) is 18.2. The van der Waals surface area contributed by atoms with E-state index >= 15 is 0 Å². The van der Waals surface area contributed by atoms with Crippen molar-refractivity contribution in [3.63, 3.8) is 0 Å². The minimum absolute atomic E-state index is 0.0790. The molecule has 4 aliphatic rings. The van der Waals surface area contributed by atoms with E-state index in [4.69, 9.17) is 0 Å². The van der Waals surface area contributed by atoms with Crippen LogP contribution in [0.15, 0.2) is 76.3 Å². The van der Waals surface area contributed by atoms with Crippen molar-refractivity contribution in [1.29, 1.82) is 0 Å². The second-order valence-corrected chi connectivity index (χ2v) is 10.1. The largest absolute Gasteiger partial charge is 0.339 e. The van der Waals surface area contributed by atoms with Gasteiger partial charge < -0.3 is 5.32 Å². The fraction of sp³-hybridized carbons (Fsp3) is 0.429. The predicted molar refractivity (Wildman–Crippen MR) is 137 cm³/mol. The first-order valence-electron chi connectivity index (χ1n) is 12.8. The first-order chi connectivity index (χ1) is 17.4. The molecule has 2 amide bonds. The molecule has 2 N–H and O–H groups in total. The number of rotatable bonds is 5. The van der Waals surface area contributed by atoms with E-state index in [2.05, 4.69) is 15.4 Å². The Morgan fingerprint density at radius 3 is 2.33 bits per heavy atom. The molecule has 188 valence electrons. The Kier molecular flexibility index (Phi) is 6.87. The smallest absolute Gasteiger partial charge is 0.270 e. The number of amides is 2. The Bertz CT molecular complexity index is 1200. The van der Waals surface area contributed by atoms with Gasteiger partial charge in [0.2, 0.25) is 0 Å². The highest BCUT2D eigenvalue weighted by molar-refractivity contribution is 6.12. The average molecular weight is 488 g/mol. The summed E-state index contributed by atoms with van der Waals surface area (Å²) in [5.41, 5.74) is 4.99. The molecule has 2 heterocycles. The van der Waals surface area contributed by atoms with Gasteiger partial charge in [-0.15, -0.1) is 0 Å². The van der Waals surface area contributed by atoms with E-state index in [9.17, 15) is 14.8 Å². The molecule has 8 nitrogen and oxygen atoms in total. The molecular formula is C28H33N5O3. The Morgan fingerprint density at radius 2 is 1.69 bits per heavy atom. The van der Waals surface area contributed by atoms with Crippen LogP contribution < -0.4 is 5.32 Å². The van der Waals surface area contributed by atoms with Gasteiger partial charge in [-0.2, -0.15) is 5.10 Å². The molecule has 1 atom stereocenters. The van der Waals surface area contributed by atoms with E-state index < -0.39 is 6.04 Å². The van der Waals surface area contributed by atoms with Gasteiger partial charge in [-0.25, -0.2) is 10.1 Å². The molecule has 2 fully saturated rings. The number of aromatic nitrogens is 2. The second kappa shape index (κ2) is 10.2. The predicted octanol–water partition coefficient (Wildman–Crippen LogP) is 4.80. The molecule has 2 saturated carbocycles. The zero-order valence-corrected chi connectivity index (χ0v) is 20.9. The number of allylic oxidation sites excluding steroid dienone is 8. The molecule has 3 aliphatic carbocycles. The van der Waals surface area contributed by atoms with Crippen molar-refractivity contribution in [1.82, 2.24) is 20.2 Å². The van der Waals surface area contributed by atoms with Gasteiger partial charge in [0.1, 0.15) is 11.7 Å². The molecule has 0 unspecified atom stereocenters. The number of hydrogen-bond acceptors (Lipinski definition) is 5. The summed E-state index contributed by atoms with van der Waals surface area (Å²) in [4.78, 5) is 31.0. The summed E-state index contributed by atoms with van der Waals surface area (Å²) >= 11 is 0. The van der Waals surface area contributed by atoms with Crippen LogP contribution in [0.3, 0.4) is 0 Å². The summed E-state index contributed by atoms with van der Waals surface area (Å²) in [6, 6.07) is 1.35. The number of nitrogens with zero attached hydrogens (tertiary/aromatic N) is 4. The molecule has 0 aromatic carbocycles. The summed E-state index contributed by atoms with van der Waals surface area (Å²) in [5.74, 6) is -0.491.